The van der Waals surface area contributed by atoms with Crippen LogP contribution in [-0.2, 0) is 4.74 Å². The topological polar surface area (TPSA) is 30.5 Å². The van der Waals surface area contributed by atoms with Crippen LogP contribution >= 0.6 is 0 Å². The van der Waals surface area contributed by atoms with Crippen molar-refractivity contribution in [3.8, 4) is 5.75 Å². The molecule has 2 atom stereocenters. The van der Waals surface area contributed by atoms with E-state index in [0.717, 1.165) is 25.3 Å². The number of ether oxygens (including phenoxy) is 2. The highest BCUT2D eigenvalue weighted by Crippen LogP contribution is 2.31. The van der Waals surface area contributed by atoms with E-state index in [9.17, 15) is 0 Å². The highest BCUT2D eigenvalue weighted by molar-refractivity contribution is 5.44. The second-order valence-electron chi connectivity index (χ2n) is 5.63. The van der Waals surface area contributed by atoms with Crippen molar-refractivity contribution in [3.63, 3.8) is 0 Å². The van der Waals surface area contributed by atoms with Crippen LogP contribution in [0.2, 0.25) is 0 Å². The van der Waals surface area contributed by atoms with Gasteiger partial charge in [-0.2, -0.15) is 0 Å². The molecule has 2 rings (SSSR count). The van der Waals surface area contributed by atoms with Crippen molar-refractivity contribution in [1.82, 2.24) is 5.32 Å². The number of hydrogen-bond donors (Lipinski definition) is 1. The van der Waals surface area contributed by atoms with Gasteiger partial charge in [-0.25, -0.2) is 0 Å². The maximum absolute atomic E-state index is 5.99. The number of methoxy groups -OCH3 is 1. The standard InChI is InChI=1S/C17H27NO2/c1-5-18-16(15-8-6-7-9-20-15)14-10-12(2)17(19-4)13(3)11-14/h10-11,15-16,18H,5-9H2,1-4H3. The van der Waals surface area contributed by atoms with Gasteiger partial charge < -0.3 is 14.8 Å². The molecule has 3 heteroatoms. The minimum absolute atomic E-state index is 0.281. The smallest absolute Gasteiger partial charge is 0.124 e. The quantitative estimate of drug-likeness (QED) is 0.893. The Morgan fingerprint density at radius 2 is 2.00 bits per heavy atom. The molecule has 1 aromatic rings. The Kier molecular flexibility index (Phi) is 5.44. The molecular weight excluding hydrogens is 250 g/mol. The minimum Gasteiger partial charge on any atom is -0.496 e. The number of aryl methyl sites for hydroxylation is 2. The van der Waals surface area contributed by atoms with E-state index in [1.807, 2.05) is 0 Å². The summed E-state index contributed by atoms with van der Waals surface area (Å²) in [6, 6.07) is 4.75. The van der Waals surface area contributed by atoms with Crippen LogP contribution in [0, 0.1) is 13.8 Å². The first-order valence-corrected chi connectivity index (χ1v) is 7.67. The molecule has 0 aliphatic carbocycles. The van der Waals surface area contributed by atoms with Crippen molar-refractivity contribution in [2.45, 2.75) is 52.2 Å². The van der Waals surface area contributed by atoms with Gasteiger partial charge in [0.15, 0.2) is 0 Å². The summed E-state index contributed by atoms with van der Waals surface area (Å²) in [5, 5.41) is 3.59. The van der Waals surface area contributed by atoms with Crippen LogP contribution in [-0.4, -0.2) is 26.4 Å². The lowest BCUT2D eigenvalue weighted by Gasteiger charge is -2.32. The van der Waals surface area contributed by atoms with Crippen molar-refractivity contribution in [2.24, 2.45) is 0 Å². The molecule has 1 aliphatic heterocycles. The fourth-order valence-electron chi connectivity index (χ4n) is 3.20. The Balaban J connectivity index is 2.28. The molecule has 1 N–H and O–H groups in total. The van der Waals surface area contributed by atoms with Crippen LogP contribution in [0.3, 0.4) is 0 Å². The van der Waals surface area contributed by atoms with E-state index in [0.29, 0.717) is 0 Å². The normalized spacial score (nSPS) is 20.7. The molecule has 20 heavy (non-hydrogen) atoms. The number of likely N-dealkylation sites (N-methyl/N-ethyl adjacent to an activating group) is 1. The van der Waals surface area contributed by atoms with Crippen molar-refractivity contribution in [1.29, 1.82) is 0 Å². The summed E-state index contributed by atoms with van der Waals surface area (Å²) < 4.78 is 11.5. The Labute approximate surface area is 122 Å². The van der Waals surface area contributed by atoms with E-state index in [1.54, 1.807) is 7.11 Å². The summed E-state index contributed by atoms with van der Waals surface area (Å²) >= 11 is 0. The highest BCUT2D eigenvalue weighted by Gasteiger charge is 2.26. The molecule has 3 nitrogen and oxygen atoms in total. The molecule has 0 amide bonds. The fraction of sp³-hybridized carbons (Fsp3) is 0.647. The molecule has 0 aromatic heterocycles. The maximum Gasteiger partial charge on any atom is 0.124 e. The zero-order valence-corrected chi connectivity index (χ0v) is 13.2. The van der Waals surface area contributed by atoms with Gasteiger partial charge >= 0.3 is 0 Å². The van der Waals surface area contributed by atoms with Crippen LogP contribution in [0.5, 0.6) is 5.75 Å². The fourth-order valence-corrected chi connectivity index (χ4v) is 3.20. The first kappa shape index (κ1) is 15.3. The van der Waals surface area contributed by atoms with Gasteiger partial charge in [0, 0.05) is 6.61 Å². The lowest BCUT2D eigenvalue weighted by molar-refractivity contribution is -0.00788. The Morgan fingerprint density at radius 3 is 2.50 bits per heavy atom. The van der Waals surface area contributed by atoms with Crippen molar-refractivity contribution >= 4 is 0 Å². The largest absolute Gasteiger partial charge is 0.496 e. The third kappa shape index (κ3) is 3.33. The SMILES string of the molecule is CCNC(c1cc(C)c(OC)c(C)c1)C1CCCCO1. The van der Waals surface area contributed by atoms with Crippen LogP contribution in [0.15, 0.2) is 12.1 Å². The summed E-state index contributed by atoms with van der Waals surface area (Å²) in [5.41, 5.74) is 3.71. The summed E-state index contributed by atoms with van der Waals surface area (Å²) in [6.07, 6.45) is 3.88. The van der Waals surface area contributed by atoms with Gasteiger partial charge in [-0.1, -0.05) is 19.1 Å². The van der Waals surface area contributed by atoms with Gasteiger partial charge in [0.1, 0.15) is 5.75 Å². The molecule has 0 bridgehead atoms. The van der Waals surface area contributed by atoms with Crippen molar-refractivity contribution < 1.29 is 9.47 Å². The van der Waals surface area contributed by atoms with E-state index < -0.39 is 0 Å². The summed E-state index contributed by atoms with van der Waals surface area (Å²) in [4.78, 5) is 0. The predicted octanol–water partition coefficient (Wildman–Crippen LogP) is 3.53. The van der Waals surface area contributed by atoms with E-state index in [2.05, 4.69) is 38.2 Å². The van der Waals surface area contributed by atoms with Gasteiger partial charge in [-0.15, -0.1) is 0 Å². The molecule has 1 saturated heterocycles. The second-order valence-corrected chi connectivity index (χ2v) is 5.63. The number of benzene rings is 1. The zero-order chi connectivity index (χ0) is 14.5. The van der Waals surface area contributed by atoms with E-state index in [1.165, 1.54) is 29.5 Å². The highest BCUT2D eigenvalue weighted by atomic mass is 16.5. The monoisotopic (exact) mass is 277 g/mol. The first-order chi connectivity index (χ1) is 9.67. The Hall–Kier alpha value is -1.06. The predicted molar refractivity (Wildman–Crippen MR) is 82.5 cm³/mol. The molecule has 112 valence electrons. The Bertz CT molecular complexity index is 416. The molecule has 0 saturated carbocycles. The molecule has 1 fully saturated rings. The summed E-state index contributed by atoms with van der Waals surface area (Å²) in [6.45, 7) is 8.22. The molecule has 0 spiro atoms. The van der Waals surface area contributed by atoms with E-state index in [4.69, 9.17) is 9.47 Å². The molecule has 1 aromatic carbocycles. The third-order valence-corrected chi connectivity index (χ3v) is 4.06. The summed E-state index contributed by atoms with van der Waals surface area (Å²) in [7, 11) is 1.74. The van der Waals surface area contributed by atoms with Gasteiger partial charge in [0.2, 0.25) is 0 Å². The number of hydrogen-bond acceptors (Lipinski definition) is 3. The molecule has 1 aliphatic rings. The van der Waals surface area contributed by atoms with Gasteiger partial charge in [-0.05, 0) is 56.3 Å². The Morgan fingerprint density at radius 1 is 1.30 bits per heavy atom. The molecule has 1 heterocycles. The second kappa shape index (κ2) is 7.09. The molecular formula is C17H27NO2. The van der Waals surface area contributed by atoms with Gasteiger partial charge in [0.05, 0.1) is 19.3 Å². The third-order valence-electron chi connectivity index (χ3n) is 4.06. The average Bonchev–Trinajstić information content (AvgIpc) is 2.45. The lowest BCUT2D eigenvalue weighted by Crippen LogP contribution is -2.36. The van der Waals surface area contributed by atoms with Crippen LogP contribution in [0.1, 0.15) is 48.9 Å². The molecule has 2 unspecified atom stereocenters. The summed E-state index contributed by atoms with van der Waals surface area (Å²) in [5.74, 6) is 0.994. The number of rotatable bonds is 5. The van der Waals surface area contributed by atoms with Crippen LogP contribution in [0.25, 0.3) is 0 Å². The van der Waals surface area contributed by atoms with Crippen LogP contribution in [0.4, 0.5) is 0 Å². The van der Waals surface area contributed by atoms with Gasteiger partial charge in [0.25, 0.3) is 0 Å². The van der Waals surface area contributed by atoms with Gasteiger partial charge in [-0.3, -0.25) is 0 Å². The zero-order valence-electron chi connectivity index (χ0n) is 13.2. The van der Waals surface area contributed by atoms with Crippen molar-refractivity contribution in [3.05, 3.63) is 28.8 Å². The van der Waals surface area contributed by atoms with E-state index >= 15 is 0 Å². The van der Waals surface area contributed by atoms with E-state index in [-0.39, 0.29) is 12.1 Å². The van der Waals surface area contributed by atoms with Crippen molar-refractivity contribution in [2.75, 3.05) is 20.3 Å². The average molecular weight is 277 g/mol. The first-order valence-electron chi connectivity index (χ1n) is 7.67. The maximum atomic E-state index is 5.99. The number of nitrogens with one attached hydrogen (secondary N) is 1. The van der Waals surface area contributed by atoms with Crippen LogP contribution < -0.4 is 10.1 Å². The molecule has 0 radical (unpaired) electrons. The minimum atomic E-state index is 0.281. The lowest BCUT2D eigenvalue weighted by atomic mass is 9.93.